The van der Waals surface area contributed by atoms with Crippen molar-refractivity contribution in [1.29, 1.82) is 0 Å². The summed E-state index contributed by atoms with van der Waals surface area (Å²) in [5.74, 6) is 0.152. The fourth-order valence-corrected chi connectivity index (χ4v) is 3.71. The van der Waals surface area contributed by atoms with Gasteiger partial charge in [-0.2, -0.15) is 0 Å². The Bertz CT molecular complexity index is 1050. The average molecular weight is 472 g/mol. The smallest absolute Gasteiger partial charge is 0.172 e. The van der Waals surface area contributed by atoms with Gasteiger partial charge < -0.3 is 20.9 Å². The van der Waals surface area contributed by atoms with Crippen molar-refractivity contribution in [3.8, 4) is 11.3 Å². The van der Waals surface area contributed by atoms with Crippen molar-refractivity contribution in [2.75, 3.05) is 50.9 Å². The standard InChI is InChI=1S/C24H31ClFN7/c1-4-11-33(13-10-27-2)12-8-18-15-19(7-9-29-18)30-23-16-22(31-32-24(23)28-3)20-14-17(25)5-6-21(20)26/h5-7,9,14-16,27H,4,8,10-13H2,1-3H3,(H,28,32)(H,29,30,31). The number of nitrogens with one attached hydrogen (secondary N) is 3. The molecular weight excluding hydrogens is 441 g/mol. The number of aromatic nitrogens is 3. The van der Waals surface area contributed by atoms with Crippen LogP contribution < -0.4 is 16.0 Å². The normalized spacial score (nSPS) is 11.1. The molecule has 0 fully saturated rings. The van der Waals surface area contributed by atoms with Crippen LogP contribution in [0.3, 0.4) is 0 Å². The second-order valence-corrected chi connectivity index (χ2v) is 8.16. The number of hydrogen-bond acceptors (Lipinski definition) is 7. The molecule has 3 aromatic rings. The van der Waals surface area contributed by atoms with E-state index in [-0.39, 0.29) is 0 Å². The zero-order valence-corrected chi connectivity index (χ0v) is 20.1. The van der Waals surface area contributed by atoms with Crippen LogP contribution in [0.4, 0.5) is 21.6 Å². The minimum absolute atomic E-state index is 0.300. The lowest BCUT2D eigenvalue weighted by Crippen LogP contribution is -2.33. The van der Waals surface area contributed by atoms with Crippen LogP contribution in [0.1, 0.15) is 19.0 Å². The number of halogens is 2. The molecule has 33 heavy (non-hydrogen) atoms. The van der Waals surface area contributed by atoms with E-state index in [1.54, 1.807) is 25.4 Å². The third-order valence-electron chi connectivity index (χ3n) is 5.23. The predicted octanol–water partition coefficient (Wildman–Crippen LogP) is 4.59. The van der Waals surface area contributed by atoms with Crippen LogP contribution in [0.5, 0.6) is 0 Å². The summed E-state index contributed by atoms with van der Waals surface area (Å²) < 4.78 is 14.4. The molecule has 2 heterocycles. The van der Waals surface area contributed by atoms with E-state index in [1.807, 2.05) is 19.2 Å². The van der Waals surface area contributed by atoms with E-state index in [0.717, 1.165) is 50.4 Å². The van der Waals surface area contributed by atoms with E-state index in [2.05, 4.69) is 43.0 Å². The molecule has 0 unspecified atom stereocenters. The zero-order valence-electron chi connectivity index (χ0n) is 19.3. The molecule has 0 amide bonds. The summed E-state index contributed by atoms with van der Waals surface area (Å²) >= 11 is 6.06. The molecule has 2 aromatic heterocycles. The van der Waals surface area contributed by atoms with Gasteiger partial charge in [0.2, 0.25) is 0 Å². The molecule has 0 aliphatic carbocycles. The molecule has 0 spiro atoms. The first-order valence-electron chi connectivity index (χ1n) is 11.1. The monoisotopic (exact) mass is 471 g/mol. The summed E-state index contributed by atoms with van der Waals surface area (Å²) in [4.78, 5) is 6.97. The van der Waals surface area contributed by atoms with Crippen molar-refractivity contribution in [3.63, 3.8) is 0 Å². The molecule has 3 rings (SSSR count). The molecule has 3 N–H and O–H groups in total. The number of anilines is 3. The predicted molar refractivity (Wildman–Crippen MR) is 134 cm³/mol. The third kappa shape index (κ3) is 7.08. The first-order valence-corrected chi connectivity index (χ1v) is 11.5. The summed E-state index contributed by atoms with van der Waals surface area (Å²) in [5, 5.41) is 18.4. The van der Waals surface area contributed by atoms with Gasteiger partial charge in [-0.25, -0.2) is 4.39 Å². The van der Waals surface area contributed by atoms with E-state index in [4.69, 9.17) is 11.6 Å². The van der Waals surface area contributed by atoms with Gasteiger partial charge in [-0.15, -0.1) is 10.2 Å². The average Bonchev–Trinajstić information content (AvgIpc) is 2.82. The fraction of sp³-hybridized carbons (Fsp3) is 0.375. The van der Waals surface area contributed by atoms with Gasteiger partial charge in [0.15, 0.2) is 5.82 Å². The molecule has 7 nitrogen and oxygen atoms in total. The number of hydrogen-bond donors (Lipinski definition) is 3. The van der Waals surface area contributed by atoms with Crippen molar-refractivity contribution < 1.29 is 4.39 Å². The van der Waals surface area contributed by atoms with Crippen molar-refractivity contribution in [2.45, 2.75) is 19.8 Å². The Morgan fingerprint density at radius 1 is 1.03 bits per heavy atom. The van der Waals surface area contributed by atoms with Gasteiger partial charge >= 0.3 is 0 Å². The van der Waals surface area contributed by atoms with Crippen molar-refractivity contribution in [3.05, 3.63) is 59.1 Å². The highest BCUT2D eigenvalue weighted by Crippen LogP contribution is 2.30. The van der Waals surface area contributed by atoms with Gasteiger partial charge in [0.25, 0.3) is 0 Å². The number of benzene rings is 1. The number of likely N-dealkylation sites (N-methyl/N-ethyl adjacent to an activating group) is 1. The molecule has 176 valence electrons. The molecule has 0 atom stereocenters. The van der Waals surface area contributed by atoms with Crippen LogP contribution in [0.25, 0.3) is 11.3 Å². The first-order chi connectivity index (χ1) is 16.0. The van der Waals surface area contributed by atoms with Crippen LogP contribution in [-0.2, 0) is 6.42 Å². The summed E-state index contributed by atoms with van der Waals surface area (Å²) in [6.07, 6.45) is 3.77. The Kier molecular flexibility index (Phi) is 9.35. The summed E-state index contributed by atoms with van der Waals surface area (Å²) in [7, 11) is 3.74. The number of rotatable bonds is 12. The van der Waals surface area contributed by atoms with Crippen molar-refractivity contribution in [1.82, 2.24) is 25.4 Å². The lowest BCUT2D eigenvalue weighted by Gasteiger charge is -2.21. The minimum atomic E-state index is -0.405. The van der Waals surface area contributed by atoms with E-state index in [0.29, 0.717) is 27.8 Å². The number of pyridine rings is 1. The van der Waals surface area contributed by atoms with E-state index >= 15 is 0 Å². The van der Waals surface area contributed by atoms with E-state index in [1.165, 1.54) is 12.1 Å². The van der Waals surface area contributed by atoms with Crippen molar-refractivity contribution >= 4 is 28.8 Å². The Morgan fingerprint density at radius 2 is 1.88 bits per heavy atom. The lowest BCUT2D eigenvalue weighted by atomic mass is 10.1. The molecule has 0 aliphatic rings. The highest BCUT2D eigenvalue weighted by molar-refractivity contribution is 6.30. The van der Waals surface area contributed by atoms with Gasteiger partial charge in [0.05, 0.1) is 11.4 Å². The van der Waals surface area contributed by atoms with Crippen LogP contribution in [0.2, 0.25) is 5.02 Å². The van der Waals surface area contributed by atoms with E-state index in [9.17, 15) is 4.39 Å². The van der Waals surface area contributed by atoms with Gasteiger partial charge in [-0.3, -0.25) is 4.98 Å². The van der Waals surface area contributed by atoms with Gasteiger partial charge in [0.1, 0.15) is 5.82 Å². The number of nitrogens with zero attached hydrogens (tertiary/aromatic N) is 4. The Hall–Kier alpha value is -2.81. The van der Waals surface area contributed by atoms with Crippen LogP contribution >= 0.6 is 11.6 Å². The molecule has 0 bridgehead atoms. The lowest BCUT2D eigenvalue weighted by molar-refractivity contribution is 0.278. The molecule has 9 heteroatoms. The van der Waals surface area contributed by atoms with Crippen LogP contribution in [0, 0.1) is 5.82 Å². The molecule has 1 aromatic carbocycles. The highest BCUT2D eigenvalue weighted by Gasteiger charge is 2.13. The third-order valence-corrected chi connectivity index (χ3v) is 5.47. The molecular formula is C24H31ClFN7. The van der Waals surface area contributed by atoms with E-state index < -0.39 is 5.82 Å². The minimum Gasteiger partial charge on any atom is -0.370 e. The quantitative estimate of drug-likeness (QED) is 0.356. The van der Waals surface area contributed by atoms with Crippen LogP contribution in [0.15, 0.2) is 42.6 Å². The summed E-state index contributed by atoms with van der Waals surface area (Å²) in [6.45, 7) is 6.19. The molecule has 0 radical (unpaired) electrons. The topological polar surface area (TPSA) is 78.0 Å². The van der Waals surface area contributed by atoms with Gasteiger partial charge in [0, 0.05) is 61.3 Å². The maximum Gasteiger partial charge on any atom is 0.172 e. The fourth-order valence-electron chi connectivity index (χ4n) is 3.54. The largest absolute Gasteiger partial charge is 0.370 e. The summed E-state index contributed by atoms with van der Waals surface area (Å²) in [6, 6.07) is 10.1. The van der Waals surface area contributed by atoms with Gasteiger partial charge in [-0.05, 0) is 56.4 Å². The first kappa shape index (κ1) is 24.8. The second-order valence-electron chi connectivity index (χ2n) is 7.72. The maximum absolute atomic E-state index is 14.4. The molecule has 0 aliphatic heterocycles. The Balaban J connectivity index is 1.78. The Morgan fingerprint density at radius 3 is 2.64 bits per heavy atom. The van der Waals surface area contributed by atoms with Gasteiger partial charge in [-0.1, -0.05) is 18.5 Å². The molecule has 0 saturated heterocycles. The Labute approximate surface area is 199 Å². The molecule has 0 saturated carbocycles. The van der Waals surface area contributed by atoms with Crippen molar-refractivity contribution in [2.24, 2.45) is 0 Å². The highest BCUT2D eigenvalue weighted by atomic mass is 35.5. The van der Waals surface area contributed by atoms with Crippen LogP contribution in [-0.4, -0.2) is 60.4 Å². The maximum atomic E-state index is 14.4. The summed E-state index contributed by atoms with van der Waals surface area (Å²) in [5.41, 5.74) is 3.25. The zero-order chi connectivity index (χ0) is 23.6. The SMILES string of the molecule is CCCN(CCNC)CCc1cc(Nc2cc(-c3cc(Cl)ccc3F)nnc2NC)ccn1. The second kappa shape index (κ2) is 12.4.